The Balaban J connectivity index is 1.69. The van der Waals surface area contributed by atoms with Crippen LogP contribution in [0, 0.1) is 11.3 Å². The second kappa shape index (κ2) is 4.94. The van der Waals surface area contributed by atoms with E-state index in [0.717, 1.165) is 24.5 Å². The summed E-state index contributed by atoms with van der Waals surface area (Å²) in [5, 5.41) is 0. The van der Waals surface area contributed by atoms with Crippen LogP contribution in [0.5, 0.6) is 0 Å². The number of rotatable bonds is 0. The molecule has 1 saturated carbocycles. The fourth-order valence-corrected chi connectivity index (χ4v) is 4.89. The van der Waals surface area contributed by atoms with E-state index in [4.69, 9.17) is 5.73 Å². The van der Waals surface area contributed by atoms with Gasteiger partial charge < -0.3 is 10.6 Å². The number of hydrogen-bond donors (Lipinski definition) is 1. The molecule has 2 N–H and O–H groups in total. The van der Waals surface area contributed by atoms with E-state index in [1.165, 1.54) is 6.20 Å². The van der Waals surface area contributed by atoms with Gasteiger partial charge in [-0.15, -0.1) is 0 Å². The van der Waals surface area contributed by atoms with Crippen LogP contribution in [0.4, 0.5) is 13.2 Å². The Morgan fingerprint density at radius 2 is 2.12 bits per heavy atom. The number of amides is 1. The van der Waals surface area contributed by atoms with Crippen molar-refractivity contribution in [1.29, 1.82) is 0 Å². The van der Waals surface area contributed by atoms with Crippen LogP contribution < -0.4 is 5.73 Å². The number of hydrogen-bond acceptors (Lipinski definition) is 3. The quantitative estimate of drug-likeness (QED) is 0.790. The van der Waals surface area contributed by atoms with Gasteiger partial charge in [-0.05, 0) is 48.8 Å². The zero-order valence-corrected chi connectivity index (χ0v) is 13.4. The van der Waals surface area contributed by atoms with Crippen molar-refractivity contribution in [1.82, 2.24) is 9.88 Å². The van der Waals surface area contributed by atoms with E-state index < -0.39 is 17.3 Å². The maximum atomic E-state index is 13.0. The minimum Gasteiger partial charge on any atom is -0.334 e. The third kappa shape index (κ3) is 2.10. The molecule has 1 aromatic rings. The van der Waals surface area contributed by atoms with Crippen molar-refractivity contribution >= 4 is 5.91 Å². The molecule has 0 bridgehead atoms. The fourth-order valence-electron chi connectivity index (χ4n) is 4.89. The number of alkyl halides is 3. The van der Waals surface area contributed by atoms with Crippen molar-refractivity contribution in [2.24, 2.45) is 17.1 Å². The van der Waals surface area contributed by atoms with Crippen LogP contribution in [0.25, 0.3) is 0 Å². The Morgan fingerprint density at radius 3 is 2.75 bits per heavy atom. The number of halogens is 3. The molecule has 24 heavy (non-hydrogen) atoms. The number of aromatic nitrogens is 1. The molecular formula is C17H20F3N3O. The lowest BCUT2D eigenvalue weighted by Gasteiger charge is -2.33. The van der Waals surface area contributed by atoms with Crippen LogP contribution in [0.2, 0.25) is 0 Å². The van der Waals surface area contributed by atoms with Crippen molar-refractivity contribution in [3.63, 3.8) is 0 Å². The standard InChI is InChI=1S/C17H20F3N3O/c1-9-13-4-10-7-22-14(17(18,19)20)5-11(10)8-23(13)15(24)16(9)3-2-12(21)6-16/h5,7,9,12-13H,2-4,6,8,21H2,1H3/t9?,12-,13?,16+/m1/s1. The van der Waals surface area contributed by atoms with Gasteiger partial charge in [-0.2, -0.15) is 13.2 Å². The van der Waals surface area contributed by atoms with Gasteiger partial charge in [0.05, 0.1) is 5.41 Å². The lowest BCUT2D eigenvalue weighted by Crippen LogP contribution is -2.40. The van der Waals surface area contributed by atoms with Gasteiger partial charge in [0.15, 0.2) is 0 Å². The summed E-state index contributed by atoms with van der Waals surface area (Å²) in [6.45, 7) is 2.33. The molecule has 1 spiro atoms. The van der Waals surface area contributed by atoms with Gasteiger partial charge in [-0.1, -0.05) is 6.92 Å². The van der Waals surface area contributed by atoms with E-state index in [2.05, 4.69) is 11.9 Å². The molecule has 1 amide bonds. The average molecular weight is 339 g/mol. The molecule has 3 aliphatic rings. The number of pyridine rings is 1. The van der Waals surface area contributed by atoms with Gasteiger partial charge in [0.1, 0.15) is 5.69 Å². The van der Waals surface area contributed by atoms with E-state index in [9.17, 15) is 18.0 Å². The Kier molecular flexibility index (Phi) is 3.27. The highest BCUT2D eigenvalue weighted by molar-refractivity contribution is 5.87. The van der Waals surface area contributed by atoms with E-state index in [1.807, 2.05) is 0 Å². The first-order valence-electron chi connectivity index (χ1n) is 8.34. The van der Waals surface area contributed by atoms with Gasteiger partial charge in [0.25, 0.3) is 0 Å². The summed E-state index contributed by atoms with van der Waals surface area (Å²) in [7, 11) is 0. The van der Waals surface area contributed by atoms with Crippen LogP contribution in [0.1, 0.15) is 43.0 Å². The lowest BCUT2D eigenvalue weighted by atomic mass is 9.73. The first kappa shape index (κ1) is 15.9. The first-order valence-corrected chi connectivity index (χ1v) is 8.34. The highest BCUT2D eigenvalue weighted by Crippen LogP contribution is 2.54. The second-order valence-electron chi connectivity index (χ2n) is 7.49. The zero-order chi connectivity index (χ0) is 17.3. The third-order valence-electron chi connectivity index (χ3n) is 6.27. The van der Waals surface area contributed by atoms with Crippen molar-refractivity contribution < 1.29 is 18.0 Å². The fraction of sp³-hybridized carbons (Fsp3) is 0.647. The van der Waals surface area contributed by atoms with E-state index in [-0.39, 0.29) is 30.5 Å². The molecule has 4 rings (SSSR count). The second-order valence-corrected chi connectivity index (χ2v) is 7.49. The lowest BCUT2D eigenvalue weighted by molar-refractivity contribution is -0.141. The van der Waals surface area contributed by atoms with E-state index in [0.29, 0.717) is 18.4 Å². The molecule has 7 heteroatoms. The highest BCUT2D eigenvalue weighted by Gasteiger charge is 2.59. The Hall–Kier alpha value is -1.63. The molecule has 0 aromatic carbocycles. The first-order chi connectivity index (χ1) is 11.2. The smallest absolute Gasteiger partial charge is 0.334 e. The average Bonchev–Trinajstić information content (AvgIpc) is 3.01. The number of nitrogens with zero attached hydrogens (tertiary/aromatic N) is 2. The largest absolute Gasteiger partial charge is 0.433 e. The van der Waals surface area contributed by atoms with E-state index in [1.54, 1.807) is 4.90 Å². The summed E-state index contributed by atoms with van der Waals surface area (Å²) in [5.74, 6) is 0.234. The molecule has 2 fully saturated rings. The SMILES string of the molecule is CC1C2Cc3cnc(C(F)(F)F)cc3CN2C(=O)[C@]12CC[C@@H](N)C2. The van der Waals surface area contributed by atoms with Crippen molar-refractivity contribution in [3.05, 3.63) is 29.1 Å². The molecule has 2 aliphatic heterocycles. The normalized spacial score (nSPS) is 35.5. The Labute approximate surface area is 138 Å². The Morgan fingerprint density at radius 1 is 1.38 bits per heavy atom. The van der Waals surface area contributed by atoms with Crippen molar-refractivity contribution in [2.45, 2.75) is 57.4 Å². The molecule has 4 atom stereocenters. The predicted molar refractivity (Wildman–Crippen MR) is 80.7 cm³/mol. The minimum absolute atomic E-state index is 0.0360. The van der Waals surface area contributed by atoms with Crippen LogP contribution >= 0.6 is 0 Å². The molecule has 130 valence electrons. The van der Waals surface area contributed by atoms with Crippen LogP contribution in [-0.4, -0.2) is 27.9 Å². The minimum atomic E-state index is -4.46. The molecule has 1 aromatic heterocycles. The topological polar surface area (TPSA) is 59.2 Å². The molecule has 3 heterocycles. The molecule has 1 saturated heterocycles. The van der Waals surface area contributed by atoms with Gasteiger partial charge in [-0.3, -0.25) is 9.78 Å². The van der Waals surface area contributed by atoms with Gasteiger partial charge >= 0.3 is 6.18 Å². The van der Waals surface area contributed by atoms with Crippen LogP contribution in [-0.2, 0) is 23.9 Å². The monoisotopic (exact) mass is 339 g/mol. The van der Waals surface area contributed by atoms with Crippen LogP contribution in [0.15, 0.2) is 12.3 Å². The summed E-state index contributed by atoms with van der Waals surface area (Å²) in [6, 6.07) is 1.17. The number of fused-ring (bicyclic) bond motifs is 2. The van der Waals surface area contributed by atoms with E-state index >= 15 is 0 Å². The summed E-state index contributed by atoms with van der Waals surface area (Å²) in [5.41, 5.74) is 6.12. The molecule has 2 unspecified atom stereocenters. The number of carbonyl (C=O) groups is 1. The summed E-state index contributed by atoms with van der Waals surface area (Å²) in [6.07, 6.45) is -0.259. The summed E-state index contributed by atoms with van der Waals surface area (Å²) >= 11 is 0. The highest BCUT2D eigenvalue weighted by atomic mass is 19.4. The maximum Gasteiger partial charge on any atom is 0.433 e. The van der Waals surface area contributed by atoms with Crippen molar-refractivity contribution in [3.8, 4) is 0 Å². The van der Waals surface area contributed by atoms with Crippen molar-refractivity contribution in [2.75, 3.05) is 0 Å². The molecule has 1 aliphatic carbocycles. The molecule has 0 radical (unpaired) electrons. The van der Waals surface area contributed by atoms with Gasteiger partial charge in [0.2, 0.25) is 5.91 Å². The Bertz CT molecular complexity index is 705. The van der Waals surface area contributed by atoms with Gasteiger partial charge in [-0.25, -0.2) is 0 Å². The molecule has 4 nitrogen and oxygen atoms in total. The van der Waals surface area contributed by atoms with Crippen LogP contribution in [0.3, 0.4) is 0 Å². The zero-order valence-electron chi connectivity index (χ0n) is 13.4. The maximum absolute atomic E-state index is 13.0. The summed E-state index contributed by atoms with van der Waals surface area (Å²) < 4.78 is 38.7. The number of nitrogens with two attached hydrogens (primary N) is 1. The predicted octanol–water partition coefficient (Wildman–Crippen LogP) is 2.50. The number of carbonyl (C=O) groups excluding carboxylic acids is 1. The van der Waals surface area contributed by atoms with Gasteiger partial charge in [0, 0.05) is 24.8 Å². The third-order valence-corrected chi connectivity index (χ3v) is 6.27. The molecular weight excluding hydrogens is 319 g/mol. The summed E-state index contributed by atoms with van der Waals surface area (Å²) in [4.78, 5) is 18.4.